The molecule has 3 aromatic rings. The zero-order valence-corrected chi connectivity index (χ0v) is 20.1. The Labute approximate surface area is 208 Å². The predicted octanol–water partition coefficient (Wildman–Crippen LogP) is 4.96. The number of rotatable bonds is 5. The zero-order chi connectivity index (χ0) is 25.9. The summed E-state index contributed by atoms with van der Waals surface area (Å²) in [5, 5.41) is 22.1. The molecule has 0 aliphatic rings. The standard InChI is InChI=1S/C22H19ClF3N5O3S/c1-11(28-29-21(35)27-14-8-9-15(16(23)10-14)20(33)34-3)17-19(32)18(31(2)30-17)12-4-6-13(7-5-12)22(24,25)26/h4-10,32H,1-3H3,(H2,27,29,35). The van der Waals surface area contributed by atoms with Gasteiger partial charge in [0.1, 0.15) is 5.69 Å². The Morgan fingerprint density at radius 3 is 2.46 bits per heavy atom. The van der Waals surface area contributed by atoms with Crippen LogP contribution in [0.5, 0.6) is 5.75 Å². The van der Waals surface area contributed by atoms with Crippen molar-refractivity contribution in [3.63, 3.8) is 0 Å². The second-order valence-electron chi connectivity index (χ2n) is 7.19. The number of methoxy groups -OCH3 is 1. The summed E-state index contributed by atoms with van der Waals surface area (Å²) >= 11 is 11.3. The van der Waals surface area contributed by atoms with Gasteiger partial charge < -0.3 is 15.2 Å². The molecule has 0 unspecified atom stereocenters. The lowest BCUT2D eigenvalue weighted by atomic mass is 10.1. The third-order valence-electron chi connectivity index (χ3n) is 4.81. The summed E-state index contributed by atoms with van der Waals surface area (Å²) in [5.74, 6) is -0.826. The van der Waals surface area contributed by atoms with Crippen LogP contribution in [0, 0.1) is 0 Å². The second-order valence-corrected chi connectivity index (χ2v) is 8.01. The lowest BCUT2D eigenvalue weighted by Gasteiger charge is -2.09. The average Bonchev–Trinajstić information content (AvgIpc) is 3.10. The Balaban J connectivity index is 1.74. The van der Waals surface area contributed by atoms with Gasteiger partial charge in [0, 0.05) is 18.3 Å². The highest BCUT2D eigenvalue weighted by Crippen LogP contribution is 2.35. The third kappa shape index (κ3) is 5.89. The van der Waals surface area contributed by atoms with Crippen LogP contribution in [0.25, 0.3) is 11.3 Å². The van der Waals surface area contributed by atoms with E-state index in [4.69, 9.17) is 23.8 Å². The first-order valence-electron chi connectivity index (χ1n) is 9.85. The number of hydrogen-bond acceptors (Lipinski definition) is 6. The van der Waals surface area contributed by atoms with Crippen LogP contribution < -0.4 is 10.7 Å². The Morgan fingerprint density at radius 1 is 1.23 bits per heavy atom. The van der Waals surface area contributed by atoms with E-state index >= 15 is 0 Å². The van der Waals surface area contributed by atoms with E-state index in [0.29, 0.717) is 11.3 Å². The van der Waals surface area contributed by atoms with Crippen molar-refractivity contribution in [3.8, 4) is 17.0 Å². The number of halogens is 4. The fourth-order valence-electron chi connectivity index (χ4n) is 3.11. The molecule has 35 heavy (non-hydrogen) atoms. The second kappa shape index (κ2) is 10.3. The molecule has 2 aromatic carbocycles. The maximum Gasteiger partial charge on any atom is 0.416 e. The number of thiocarbonyl (C=S) groups is 1. The van der Waals surface area contributed by atoms with Crippen molar-refractivity contribution < 1.29 is 27.8 Å². The Hall–Kier alpha value is -3.64. The summed E-state index contributed by atoms with van der Waals surface area (Å²) in [7, 11) is 2.79. The van der Waals surface area contributed by atoms with Crippen LogP contribution in [0.15, 0.2) is 47.6 Å². The first kappa shape index (κ1) is 26.0. The fourth-order valence-corrected chi connectivity index (χ4v) is 3.53. The zero-order valence-electron chi connectivity index (χ0n) is 18.6. The minimum absolute atomic E-state index is 0.0876. The van der Waals surface area contributed by atoms with Gasteiger partial charge in [-0.3, -0.25) is 10.1 Å². The number of ether oxygens (including phenoxy) is 1. The minimum Gasteiger partial charge on any atom is -0.504 e. The lowest BCUT2D eigenvalue weighted by molar-refractivity contribution is -0.137. The summed E-state index contributed by atoms with van der Waals surface area (Å²) in [6, 6.07) is 8.90. The fraction of sp³-hybridized carbons (Fsp3) is 0.182. The molecule has 8 nitrogen and oxygen atoms in total. The lowest BCUT2D eigenvalue weighted by Crippen LogP contribution is -2.25. The summed E-state index contributed by atoms with van der Waals surface area (Å²) in [6.45, 7) is 1.57. The number of carbonyl (C=O) groups excluding carboxylic acids is 1. The highest BCUT2D eigenvalue weighted by atomic mass is 35.5. The molecule has 0 radical (unpaired) electrons. The molecular weight excluding hydrogens is 507 g/mol. The van der Waals surface area contributed by atoms with E-state index in [1.54, 1.807) is 20.0 Å². The van der Waals surface area contributed by atoms with E-state index < -0.39 is 17.7 Å². The number of nitrogens with zero attached hydrogens (tertiary/aromatic N) is 3. The number of nitrogens with one attached hydrogen (secondary N) is 2. The average molecular weight is 526 g/mol. The van der Waals surface area contributed by atoms with Crippen molar-refractivity contribution in [1.29, 1.82) is 0 Å². The molecule has 0 spiro atoms. The maximum absolute atomic E-state index is 12.8. The normalized spacial score (nSPS) is 11.8. The van der Waals surface area contributed by atoms with Gasteiger partial charge in [-0.1, -0.05) is 23.7 Å². The van der Waals surface area contributed by atoms with E-state index in [9.17, 15) is 23.1 Å². The van der Waals surface area contributed by atoms with Gasteiger partial charge >= 0.3 is 12.1 Å². The van der Waals surface area contributed by atoms with Crippen LogP contribution >= 0.6 is 23.8 Å². The molecular formula is C22H19ClF3N5O3S. The van der Waals surface area contributed by atoms with Crippen LogP contribution in [0.2, 0.25) is 5.02 Å². The number of aryl methyl sites for hydroxylation is 1. The molecule has 13 heteroatoms. The molecule has 0 bridgehead atoms. The molecule has 0 amide bonds. The number of anilines is 1. The molecule has 0 fully saturated rings. The molecule has 3 N–H and O–H groups in total. The smallest absolute Gasteiger partial charge is 0.416 e. The van der Waals surface area contributed by atoms with E-state index in [2.05, 4.69) is 25.7 Å². The number of hydrazone groups is 1. The molecule has 0 saturated carbocycles. The van der Waals surface area contributed by atoms with Crippen LogP contribution in [0.1, 0.15) is 28.5 Å². The van der Waals surface area contributed by atoms with Gasteiger partial charge in [-0.2, -0.15) is 23.4 Å². The summed E-state index contributed by atoms with van der Waals surface area (Å²) < 4.78 is 44.5. The van der Waals surface area contributed by atoms with Crippen LogP contribution in [0.3, 0.4) is 0 Å². The van der Waals surface area contributed by atoms with Crippen molar-refractivity contribution in [2.24, 2.45) is 12.1 Å². The van der Waals surface area contributed by atoms with Crippen LogP contribution in [-0.2, 0) is 18.0 Å². The monoisotopic (exact) mass is 525 g/mol. The van der Waals surface area contributed by atoms with Crippen molar-refractivity contribution in [2.75, 3.05) is 12.4 Å². The summed E-state index contributed by atoms with van der Waals surface area (Å²) in [4.78, 5) is 11.6. The van der Waals surface area contributed by atoms with Gasteiger partial charge in [0.05, 0.1) is 29.0 Å². The topological polar surface area (TPSA) is 101 Å². The highest BCUT2D eigenvalue weighted by molar-refractivity contribution is 7.80. The predicted molar refractivity (Wildman–Crippen MR) is 130 cm³/mol. The van der Waals surface area contributed by atoms with E-state index in [0.717, 1.165) is 12.1 Å². The van der Waals surface area contributed by atoms with Crippen molar-refractivity contribution in [3.05, 3.63) is 64.3 Å². The first-order valence-corrected chi connectivity index (χ1v) is 10.6. The number of benzene rings is 2. The minimum atomic E-state index is -4.46. The summed E-state index contributed by atoms with van der Waals surface area (Å²) in [5.41, 5.74) is 3.44. The van der Waals surface area contributed by atoms with Gasteiger partial charge in [0.15, 0.2) is 16.6 Å². The van der Waals surface area contributed by atoms with Crippen LogP contribution in [-0.4, -0.2) is 38.8 Å². The highest BCUT2D eigenvalue weighted by Gasteiger charge is 2.30. The molecule has 0 atom stereocenters. The largest absolute Gasteiger partial charge is 0.504 e. The molecule has 184 valence electrons. The van der Waals surface area contributed by atoms with E-state index in [-0.39, 0.29) is 38.5 Å². The van der Waals surface area contributed by atoms with Crippen molar-refractivity contribution in [2.45, 2.75) is 13.1 Å². The Bertz CT molecular complexity index is 1310. The molecule has 0 aliphatic carbocycles. The van der Waals surface area contributed by atoms with E-state index in [1.165, 1.54) is 36.1 Å². The van der Waals surface area contributed by atoms with Gasteiger partial charge in [0.2, 0.25) is 0 Å². The number of esters is 1. The molecule has 0 aliphatic heterocycles. The number of carbonyl (C=O) groups is 1. The number of hydrogen-bond donors (Lipinski definition) is 3. The maximum atomic E-state index is 12.8. The van der Waals surface area contributed by atoms with Crippen molar-refractivity contribution >= 4 is 46.3 Å². The van der Waals surface area contributed by atoms with Crippen LogP contribution in [0.4, 0.5) is 18.9 Å². The SMILES string of the molecule is COC(=O)c1ccc(NC(=S)NN=C(C)c2nn(C)c(-c3ccc(C(F)(F)F)cc3)c2O)cc1Cl. The molecule has 1 heterocycles. The number of aromatic nitrogens is 2. The van der Waals surface area contributed by atoms with Gasteiger partial charge in [-0.15, -0.1) is 0 Å². The Morgan fingerprint density at radius 2 is 1.89 bits per heavy atom. The molecule has 1 aromatic heterocycles. The van der Waals surface area contributed by atoms with E-state index in [1.807, 2.05) is 0 Å². The Kier molecular flexibility index (Phi) is 7.66. The third-order valence-corrected chi connectivity index (χ3v) is 5.31. The van der Waals surface area contributed by atoms with Gasteiger partial charge in [-0.05, 0) is 49.5 Å². The molecule has 0 saturated heterocycles. The van der Waals surface area contributed by atoms with Gasteiger partial charge in [0.25, 0.3) is 0 Å². The summed E-state index contributed by atoms with van der Waals surface area (Å²) in [6.07, 6.45) is -4.46. The first-order chi connectivity index (χ1) is 16.4. The quantitative estimate of drug-likeness (QED) is 0.187. The molecule has 3 rings (SSSR count). The number of alkyl halides is 3. The van der Waals surface area contributed by atoms with Crippen molar-refractivity contribution in [1.82, 2.24) is 15.2 Å². The number of aromatic hydroxyl groups is 1. The van der Waals surface area contributed by atoms with Gasteiger partial charge in [-0.25, -0.2) is 4.79 Å².